The molecule has 0 heterocycles. The number of alkyl halides is 3. The number of hydrogen-bond donors (Lipinski definition) is 1. The van der Waals surface area contributed by atoms with E-state index in [-0.39, 0.29) is 0 Å². The Morgan fingerprint density at radius 3 is 1.71 bits per heavy atom. The second kappa shape index (κ2) is 5.03. The molecule has 0 atom stereocenters. The fourth-order valence-corrected chi connectivity index (χ4v) is 1.45. The van der Waals surface area contributed by atoms with Crippen LogP contribution in [0.3, 0.4) is 0 Å². The highest BCUT2D eigenvalue weighted by atomic mass is 19.4. The van der Waals surface area contributed by atoms with Crippen LogP contribution in [0.5, 0.6) is 0 Å². The van der Waals surface area contributed by atoms with Gasteiger partial charge in [-0.2, -0.15) is 13.2 Å². The van der Waals surface area contributed by atoms with E-state index in [1.54, 1.807) is 0 Å². The molecule has 0 spiro atoms. The molecule has 0 aromatic heterocycles. The van der Waals surface area contributed by atoms with Crippen LogP contribution in [0.4, 0.5) is 13.2 Å². The van der Waals surface area contributed by atoms with E-state index in [9.17, 15) is 18.3 Å². The molecule has 0 fully saturated rings. The molecule has 0 saturated carbocycles. The minimum absolute atomic E-state index is 0.318. The van der Waals surface area contributed by atoms with Crippen molar-refractivity contribution < 1.29 is 27.8 Å². The van der Waals surface area contributed by atoms with Crippen LogP contribution in [-0.2, 0) is 21.4 Å². The first-order chi connectivity index (χ1) is 7.89. The van der Waals surface area contributed by atoms with Crippen LogP contribution < -0.4 is 0 Å². The summed E-state index contributed by atoms with van der Waals surface area (Å²) in [5.41, 5.74) is -0.446. The Bertz CT molecular complexity index is 347. The van der Waals surface area contributed by atoms with E-state index in [4.69, 9.17) is 9.47 Å². The van der Waals surface area contributed by atoms with Gasteiger partial charge >= 0.3 is 6.18 Å². The minimum Gasteiger partial charge on any atom is -0.390 e. The standard InChI is InChI=1S/C11H13F3O3/c1-16-10(7-15,17-2)8-3-5-9(6-4-8)11(12,13)14/h3-6,15H,7H2,1-2H3. The Labute approximate surface area is 96.8 Å². The lowest BCUT2D eigenvalue weighted by Gasteiger charge is -2.29. The number of halogens is 3. The minimum atomic E-state index is -4.39. The van der Waals surface area contributed by atoms with E-state index in [0.29, 0.717) is 5.56 Å². The maximum Gasteiger partial charge on any atom is 0.416 e. The molecule has 0 aliphatic rings. The first kappa shape index (κ1) is 14.0. The summed E-state index contributed by atoms with van der Waals surface area (Å²) < 4.78 is 47.0. The second-order valence-electron chi connectivity index (χ2n) is 3.39. The fraction of sp³-hybridized carbons (Fsp3) is 0.455. The van der Waals surface area contributed by atoms with Crippen LogP contribution in [0, 0.1) is 0 Å². The Morgan fingerprint density at radius 2 is 1.41 bits per heavy atom. The number of ether oxygens (including phenoxy) is 2. The van der Waals surface area contributed by atoms with Gasteiger partial charge in [0.2, 0.25) is 5.79 Å². The van der Waals surface area contributed by atoms with Gasteiger partial charge in [-0.25, -0.2) is 0 Å². The highest BCUT2D eigenvalue weighted by Crippen LogP contribution is 2.32. The third kappa shape index (κ3) is 2.77. The summed E-state index contributed by atoms with van der Waals surface area (Å²) in [7, 11) is 2.61. The van der Waals surface area contributed by atoms with Gasteiger partial charge in [-0.05, 0) is 12.1 Å². The quantitative estimate of drug-likeness (QED) is 0.832. The number of aliphatic hydroxyl groups is 1. The third-order valence-electron chi connectivity index (χ3n) is 2.52. The number of benzene rings is 1. The zero-order valence-electron chi connectivity index (χ0n) is 9.41. The summed E-state index contributed by atoms with van der Waals surface area (Å²) in [6, 6.07) is 4.26. The molecule has 96 valence electrons. The van der Waals surface area contributed by atoms with E-state index in [1.807, 2.05) is 0 Å². The molecule has 0 aliphatic carbocycles. The molecular formula is C11H13F3O3. The van der Waals surface area contributed by atoms with Crippen molar-refractivity contribution in [1.29, 1.82) is 0 Å². The lowest BCUT2D eigenvalue weighted by molar-refractivity contribution is -0.236. The van der Waals surface area contributed by atoms with Crippen molar-refractivity contribution in [3.05, 3.63) is 35.4 Å². The zero-order chi connectivity index (χ0) is 13.1. The molecule has 3 nitrogen and oxygen atoms in total. The number of rotatable bonds is 4. The van der Waals surface area contributed by atoms with Gasteiger partial charge in [-0.3, -0.25) is 0 Å². The van der Waals surface area contributed by atoms with Gasteiger partial charge in [0.15, 0.2) is 0 Å². The monoisotopic (exact) mass is 250 g/mol. The number of methoxy groups -OCH3 is 2. The van der Waals surface area contributed by atoms with E-state index < -0.39 is 24.1 Å². The van der Waals surface area contributed by atoms with Crippen molar-refractivity contribution in [3.63, 3.8) is 0 Å². The maximum absolute atomic E-state index is 12.3. The summed E-state index contributed by atoms with van der Waals surface area (Å²) in [6.07, 6.45) is -4.39. The predicted molar refractivity (Wildman–Crippen MR) is 54.2 cm³/mol. The van der Waals surface area contributed by atoms with Crippen LogP contribution in [0.1, 0.15) is 11.1 Å². The van der Waals surface area contributed by atoms with E-state index >= 15 is 0 Å². The Hall–Kier alpha value is -1.11. The van der Waals surface area contributed by atoms with Gasteiger partial charge in [0.1, 0.15) is 6.61 Å². The van der Waals surface area contributed by atoms with Crippen molar-refractivity contribution in [2.45, 2.75) is 12.0 Å². The first-order valence-corrected chi connectivity index (χ1v) is 4.78. The number of hydrogen-bond acceptors (Lipinski definition) is 3. The zero-order valence-corrected chi connectivity index (χ0v) is 9.41. The Balaban J connectivity index is 3.09. The average Bonchev–Trinajstić information content (AvgIpc) is 2.32. The van der Waals surface area contributed by atoms with Gasteiger partial charge in [0.25, 0.3) is 0 Å². The van der Waals surface area contributed by atoms with E-state index in [2.05, 4.69) is 0 Å². The van der Waals surface area contributed by atoms with E-state index in [1.165, 1.54) is 26.4 Å². The number of aliphatic hydroxyl groups excluding tert-OH is 1. The lowest BCUT2D eigenvalue weighted by Crippen LogP contribution is -2.34. The molecule has 0 aliphatic heterocycles. The summed E-state index contributed by atoms with van der Waals surface area (Å²) in [5.74, 6) is -1.43. The largest absolute Gasteiger partial charge is 0.416 e. The fourth-order valence-electron chi connectivity index (χ4n) is 1.45. The smallest absolute Gasteiger partial charge is 0.390 e. The maximum atomic E-state index is 12.3. The molecule has 1 aromatic rings. The third-order valence-corrected chi connectivity index (χ3v) is 2.52. The Morgan fingerprint density at radius 1 is 1.00 bits per heavy atom. The molecule has 17 heavy (non-hydrogen) atoms. The Kier molecular flexibility index (Phi) is 4.13. The predicted octanol–water partition coefficient (Wildman–Crippen LogP) is 2.14. The molecule has 0 amide bonds. The van der Waals surface area contributed by atoms with Crippen LogP contribution in [-0.4, -0.2) is 25.9 Å². The highest BCUT2D eigenvalue weighted by Gasteiger charge is 2.34. The van der Waals surface area contributed by atoms with Gasteiger partial charge in [0.05, 0.1) is 5.56 Å². The van der Waals surface area contributed by atoms with Gasteiger partial charge in [-0.15, -0.1) is 0 Å². The van der Waals surface area contributed by atoms with Crippen molar-refractivity contribution in [2.24, 2.45) is 0 Å². The average molecular weight is 250 g/mol. The van der Waals surface area contributed by atoms with Crippen molar-refractivity contribution in [2.75, 3.05) is 20.8 Å². The molecule has 0 unspecified atom stereocenters. The summed E-state index contributed by atoms with van der Waals surface area (Å²) in [4.78, 5) is 0. The SMILES string of the molecule is COC(CO)(OC)c1ccc(C(F)(F)F)cc1. The highest BCUT2D eigenvalue weighted by molar-refractivity contribution is 5.27. The van der Waals surface area contributed by atoms with Crippen LogP contribution in [0.25, 0.3) is 0 Å². The summed E-state index contributed by atoms with van der Waals surface area (Å²) in [5, 5.41) is 9.19. The molecule has 1 aromatic carbocycles. The van der Waals surface area contributed by atoms with Crippen molar-refractivity contribution >= 4 is 0 Å². The molecule has 6 heteroatoms. The second-order valence-corrected chi connectivity index (χ2v) is 3.39. The summed E-state index contributed by atoms with van der Waals surface area (Å²) in [6.45, 7) is -0.495. The normalized spacial score (nSPS) is 12.8. The van der Waals surface area contributed by atoms with Gasteiger partial charge in [-0.1, -0.05) is 12.1 Å². The van der Waals surface area contributed by atoms with Gasteiger partial charge < -0.3 is 14.6 Å². The molecule has 0 saturated heterocycles. The molecule has 0 bridgehead atoms. The van der Waals surface area contributed by atoms with Crippen LogP contribution >= 0.6 is 0 Å². The molecular weight excluding hydrogens is 237 g/mol. The lowest BCUT2D eigenvalue weighted by atomic mass is 10.0. The molecule has 1 N–H and O–H groups in total. The van der Waals surface area contributed by atoms with Crippen molar-refractivity contribution in [1.82, 2.24) is 0 Å². The van der Waals surface area contributed by atoms with Gasteiger partial charge in [0, 0.05) is 19.8 Å². The van der Waals surface area contributed by atoms with Crippen LogP contribution in [0.2, 0.25) is 0 Å². The van der Waals surface area contributed by atoms with Crippen LogP contribution in [0.15, 0.2) is 24.3 Å². The van der Waals surface area contributed by atoms with E-state index in [0.717, 1.165) is 12.1 Å². The van der Waals surface area contributed by atoms with Crippen molar-refractivity contribution in [3.8, 4) is 0 Å². The first-order valence-electron chi connectivity index (χ1n) is 4.78. The summed E-state index contributed by atoms with van der Waals surface area (Å²) >= 11 is 0. The molecule has 0 radical (unpaired) electrons. The topological polar surface area (TPSA) is 38.7 Å². The molecule has 1 rings (SSSR count).